The predicted molar refractivity (Wildman–Crippen MR) is 120 cm³/mol. The number of nitrogens with one attached hydrogen (secondary N) is 1. The van der Waals surface area contributed by atoms with Gasteiger partial charge in [-0.3, -0.25) is 0 Å². The molecule has 162 valence electrons. The molecule has 0 radical (unpaired) electrons. The zero-order valence-electron chi connectivity index (χ0n) is 18.0. The largest absolute Gasteiger partial charge is 0.449 e. The van der Waals surface area contributed by atoms with Gasteiger partial charge in [-0.1, -0.05) is 48.5 Å². The maximum Gasteiger partial charge on any atom is 0.407 e. The molecule has 0 saturated heterocycles. The molecule has 31 heavy (non-hydrogen) atoms. The molecule has 7 rings (SSSR count). The number of carbonyl (C=O) groups is 1. The van der Waals surface area contributed by atoms with Crippen molar-refractivity contribution < 1.29 is 14.6 Å². The van der Waals surface area contributed by atoms with E-state index in [0.717, 1.165) is 25.7 Å². The van der Waals surface area contributed by atoms with Gasteiger partial charge in [0.1, 0.15) is 6.61 Å². The number of benzene rings is 2. The van der Waals surface area contributed by atoms with Crippen molar-refractivity contribution in [1.82, 2.24) is 5.32 Å². The highest BCUT2D eigenvalue weighted by Crippen LogP contribution is 2.62. The Morgan fingerprint density at radius 3 is 2.19 bits per heavy atom. The third kappa shape index (κ3) is 3.36. The van der Waals surface area contributed by atoms with Crippen molar-refractivity contribution in [3.05, 3.63) is 59.7 Å². The van der Waals surface area contributed by atoms with Crippen LogP contribution in [0.2, 0.25) is 0 Å². The zero-order chi connectivity index (χ0) is 21.1. The Labute approximate surface area is 184 Å². The molecule has 4 fully saturated rings. The summed E-state index contributed by atoms with van der Waals surface area (Å²) in [5.74, 6) is 1.46. The van der Waals surface area contributed by atoms with Gasteiger partial charge in [-0.2, -0.15) is 0 Å². The lowest BCUT2D eigenvalue weighted by molar-refractivity contribution is -0.165. The first kappa shape index (κ1) is 19.4. The van der Waals surface area contributed by atoms with E-state index in [1.165, 1.54) is 41.5 Å². The van der Waals surface area contributed by atoms with Gasteiger partial charge in [0.25, 0.3) is 0 Å². The highest BCUT2D eigenvalue weighted by molar-refractivity contribution is 5.79. The Balaban J connectivity index is 1.06. The summed E-state index contributed by atoms with van der Waals surface area (Å²) in [5, 5.41) is 13.9. The molecule has 4 bridgehead atoms. The molecule has 0 aliphatic heterocycles. The van der Waals surface area contributed by atoms with E-state index in [-0.39, 0.29) is 17.4 Å². The monoisotopic (exact) mass is 417 g/mol. The number of hydrogen-bond donors (Lipinski definition) is 2. The predicted octanol–water partition coefficient (Wildman–Crippen LogP) is 5.25. The Kier molecular flexibility index (Phi) is 4.43. The van der Waals surface area contributed by atoms with E-state index >= 15 is 0 Å². The molecule has 0 heterocycles. The van der Waals surface area contributed by atoms with Crippen LogP contribution in [0.5, 0.6) is 0 Å². The number of aliphatic hydroxyl groups is 1. The van der Waals surface area contributed by atoms with Crippen LogP contribution >= 0.6 is 0 Å². The van der Waals surface area contributed by atoms with Gasteiger partial charge in [0.2, 0.25) is 0 Å². The molecule has 2 N–H and O–H groups in total. The molecule has 0 spiro atoms. The van der Waals surface area contributed by atoms with Crippen molar-refractivity contribution in [3.8, 4) is 11.1 Å². The summed E-state index contributed by atoms with van der Waals surface area (Å²) in [5.41, 5.74) is 4.74. The van der Waals surface area contributed by atoms with Crippen LogP contribution < -0.4 is 5.32 Å². The SMILES string of the molecule is O=C(NCCC12CC3CC(CC(O)(C3)C1)C2)OCC1c2ccccc2-c2ccccc21. The minimum atomic E-state index is -0.437. The second-order valence-corrected chi connectivity index (χ2v) is 10.7. The van der Waals surface area contributed by atoms with Crippen LogP contribution in [-0.2, 0) is 4.74 Å². The number of amides is 1. The normalized spacial score (nSPS) is 32.5. The van der Waals surface area contributed by atoms with Crippen molar-refractivity contribution in [3.63, 3.8) is 0 Å². The van der Waals surface area contributed by atoms with Gasteiger partial charge < -0.3 is 15.2 Å². The summed E-state index contributed by atoms with van der Waals surface area (Å²) in [4.78, 5) is 12.5. The second-order valence-electron chi connectivity index (χ2n) is 10.7. The highest BCUT2D eigenvalue weighted by Gasteiger charge is 2.56. The van der Waals surface area contributed by atoms with E-state index in [9.17, 15) is 9.90 Å². The standard InChI is InChI=1S/C27H31NO3/c29-25(28-10-9-26-12-18-11-19(13-26)15-27(30,14-18)17-26)31-16-24-22-7-3-1-5-20(22)21-6-2-4-8-23(21)24/h1-8,18-19,24,30H,9-17H2,(H,28,29). The van der Waals surface area contributed by atoms with Gasteiger partial charge >= 0.3 is 6.09 Å². The van der Waals surface area contributed by atoms with Crippen LogP contribution in [0.1, 0.15) is 62.0 Å². The first-order valence-electron chi connectivity index (χ1n) is 11.8. The van der Waals surface area contributed by atoms with E-state index in [1.54, 1.807) is 0 Å². The molecule has 4 saturated carbocycles. The second kappa shape index (κ2) is 7.09. The van der Waals surface area contributed by atoms with E-state index in [0.29, 0.717) is 25.0 Å². The van der Waals surface area contributed by atoms with E-state index in [4.69, 9.17) is 4.74 Å². The topological polar surface area (TPSA) is 58.6 Å². The fourth-order valence-corrected chi connectivity index (χ4v) is 7.77. The Bertz CT molecular complexity index is 956. The first-order valence-corrected chi connectivity index (χ1v) is 11.8. The van der Waals surface area contributed by atoms with Gasteiger partial charge in [-0.15, -0.1) is 0 Å². The number of rotatable bonds is 5. The van der Waals surface area contributed by atoms with Crippen molar-refractivity contribution in [2.45, 2.75) is 56.5 Å². The summed E-state index contributed by atoms with van der Waals surface area (Å²) >= 11 is 0. The molecule has 5 aliphatic rings. The zero-order valence-corrected chi connectivity index (χ0v) is 18.0. The maximum atomic E-state index is 12.5. The lowest BCUT2D eigenvalue weighted by Crippen LogP contribution is -2.56. The lowest BCUT2D eigenvalue weighted by Gasteiger charge is -2.60. The van der Waals surface area contributed by atoms with Crippen LogP contribution in [0.25, 0.3) is 11.1 Å². The smallest absolute Gasteiger partial charge is 0.407 e. The molecule has 2 aromatic rings. The van der Waals surface area contributed by atoms with E-state index in [1.807, 2.05) is 0 Å². The van der Waals surface area contributed by atoms with Crippen LogP contribution in [0.15, 0.2) is 48.5 Å². The van der Waals surface area contributed by atoms with Gasteiger partial charge in [0, 0.05) is 12.5 Å². The van der Waals surface area contributed by atoms with Gasteiger partial charge in [0.05, 0.1) is 5.60 Å². The minimum Gasteiger partial charge on any atom is -0.449 e. The van der Waals surface area contributed by atoms with E-state index in [2.05, 4.69) is 53.8 Å². The van der Waals surface area contributed by atoms with Gasteiger partial charge in [-0.25, -0.2) is 4.79 Å². The lowest BCUT2D eigenvalue weighted by atomic mass is 9.47. The fraction of sp³-hybridized carbons (Fsp3) is 0.519. The molecule has 4 heteroatoms. The average molecular weight is 418 g/mol. The molecule has 2 aromatic carbocycles. The third-order valence-electron chi connectivity index (χ3n) is 8.42. The van der Waals surface area contributed by atoms with Gasteiger partial charge in [0.15, 0.2) is 0 Å². The first-order chi connectivity index (χ1) is 15.0. The summed E-state index contributed by atoms with van der Waals surface area (Å²) < 4.78 is 5.68. The number of alkyl carbamates (subject to hydrolysis) is 1. The third-order valence-corrected chi connectivity index (χ3v) is 8.42. The highest BCUT2D eigenvalue weighted by atomic mass is 16.5. The number of fused-ring (bicyclic) bond motifs is 3. The quantitative estimate of drug-likeness (QED) is 0.699. The number of hydrogen-bond acceptors (Lipinski definition) is 3. The van der Waals surface area contributed by atoms with Gasteiger partial charge in [-0.05, 0) is 84.5 Å². The van der Waals surface area contributed by atoms with Crippen LogP contribution in [0, 0.1) is 17.3 Å². The molecule has 1 amide bonds. The summed E-state index contributed by atoms with van der Waals surface area (Å²) in [7, 11) is 0. The Morgan fingerprint density at radius 1 is 0.968 bits per heavy atom. The molecule has 2 atom stereocenters. The molecule has 4 nitrogen and oxygen atoms in total. The Morgan fingerprint density at radius 2 is 1.58 bits per heavy atom. The summed E-state index contributed by atoms with van der Waals surface area (Å²) in [6.45, 7) is 0.987. The van der Waals surface area contributed by atoms with Crippen molar-refractivity contribution in [2.24, 2.45) is 17.3 Å². The molecular formula is C27H31NO3. The number of ether oxygens (including phenoxy) is 1. The summed E-state index contributed by atoms with van der Waals surface area (Å²) in [6.07, 6.45) is 7.26. The van der Waals surface area contributed by atoms with Crippen molar-refractivity contribution >= 4 is 6.09 Å². The number of carbonyl (C=O) groups excluding carboxylic acids is 1. The Hall–Kier alpha value is -2.33. The van der Waals surface area contributed by atoms with Crippen molar-refractivity contribution in [2.75, 3.05) is 13.2 Å². The van der Waals surface area contributed by atoms with E-state index < -0.39 is 5.60 Å². The minimum absolute atomic E-state index is 0.0931. The molecule has 2 unspecified atom stereocenters. The van der Waals surface area contributed by atoms with Crippen molar-refractivity contribution in [1.29, 1.82) is 0 Å². The molecule has 0 aromatic heterocycles. The molecule has 5 aliphatic carbocycles. The average Bonchev–Trinajstić information content (AvgIpc) is 3.04. The maximum absolute atomic E-state index is 12.5. The van der Waals surface area contributed by atoms with Crippen LogP contribution in [-0.4, -0.2) is 30.0 Å². The van der Waals surface area contributed by atoms with Crippen LogP contribution in [0.4, 0.5) is 4.79 Å². The van der Waals surface area contributed by atoms with Crippen LogP contribution in [0.3, 0.4) is 0 Å². The summed E-state index contributed by atoms with van der Waals surface area (Å²) in [6, 6.07) is 16.8. The fourth-order valence-electron chi connectivity index (χ4n) is 7.77. The molecular weight excluding hydrogens is 386 g/mol.